The Hall–Kier alpha value is -2.60. The summed E-state index contributed by atoms with van der Waals surface area (Å²) in [5.74, 6) is 0.813. The average Bonchev–Trinajstić information content (AvgIpc) is 3.69. The third-order valence-electron chi connectivity index (χ3n) is 4.22. The topological polar surface area (TPSA) is 59.8 Å². The van der Waals surface area contributed by atoms with E-state index < -0.39 is 0 Å². The highest BCUT2D eigenvalue weighted by molar-refractivity contribution is 7.80. The number of nitrogens with one attached hydrogen (secondary N) is 2. The average molecular weight is 467 g/mol. The van der Waals surface area contributed by atoms with Crippen molar-refractivity contribution in [1.29, 1.82) is 0 Å². The maximum atomic E-state index is 5.58. The number of anilines is 2. The van der Waals surface area contributed by atoms with E-state index in [1.165, 1.54) is 18.7 Å². The van der Waals surface area contributed by atoms with Gasteiger partial charge < -0.3 is 10.6 Å². The molecule has 0 saturated carbocycles. The fraction of sp³-hybridized carbons (Fsp3) is 0.231. The Kier molecular flexibility index (Phi) is 11.0. The van der Waals surface area contributed by atoms with E-state index in [4.69, 9.17) is 11.6 Å². The second-order valence-corrected chi connectivity index (χ2v) is 7.77. The minimum Gasteiger partial charge on any atom is -0.338 e. The summed E-state index contributed by atoms with van der Waals surface area (Å²) >= 11 is 9.65. The van der Waals surface area contributed by atoms with Gasteiger partial charge in [-0.15, -0.1) is 12.6 Å². The SMILES string of the molecule is C1CN1.CC.Cc1ccccc1Nc1nc2ccccc2nc1C.Sc1ccc(Cl)cc1. The molecule has 1 fully saturated rings. The standard InChI is InChI=1S/C16H15N3.C6H5ClS.C2H5N.C2H6/c1-11-7-3-4-8-13(11)18-16-12(2)17-14-9-5-6-10-15(14)19-16;7-5-1-3-6(8)4-2-5;1-2-3-1;1-2/h3-10H,1-2H3,(H,18,19);1-4,8H;3H,1-2H2;1-2H3. The van der Waals surface area contributed by atoms with Crippen molar-refractivity contribution in [2.75, 3.05) is 18.4 Å². The van der Waals surface area contributed by atoms with Gasteiger partial charge in [0.25, 0.3) is 0 Å². The molecule has 0 radical (unpaired) electrons. The third kappa shape index (κ3) is 8.87. The number of para-hydroxylation sites is 3. The van der Waals surface area contributed by atoms with Crippen molar-refractivity contribution >= 4 is 46.8 Å². The highest BCUT2D eigenvalue weighted by Crippen LogP contribution is 2.22. The lowest BCUT2D eigenvalue weighted by atomic mass is 10.2. The molecule has 0 amide bonds. The minimum absolute atomic E-state index is 0.753. The van der Waals surface area contributed by atoms with Crippen LogP contribution in [0, 0.1) is 13.8 Å². The Morgan fingerprint density at radius 2 is 1.34 bits per heavy atom. The van der Waals surface area contributed by atoms with Crippen LogP contribution in [0.2, 0.25) is 5.02 Å². The molecule has 3 aromatic carbocycles. The summed E-state index contributed by atoms with van der Waals surface area (Å²) in [5, 5.41) is 7.11. The number of nitrogens with zero attached hydrogens (tertiary/aromatic N) is 2. The molecule has 4 nitrogen and oxygen atoms in total. The largest absolute Gasteiger partial charge is 0.338 e. The predicted molar refractivity (Wildman–Crippen MR) is 142 cm³/mol. The van der Waals surface area contributed by atoms with Crippen LogP contribution in [0.15, 0.2) is 77.7 Å². The van der Waals surface area contributed by atoms with Crippen LogP contribution in [0.4, 0.5) is 11.5 Å². The first kappa shape index (κ1) is 25.7. The van der Waals surface area contributed by atoms with Gasteiger partial charge in [-0.05, 0) is 61.9 Å². The Morgan fingerprint density at radius 3 is 1.88 bits per heavy atom. The quantitative estimate of drug-likeness (QED) is 0.215. The third-order valence-corrected chi connectivity index (χ3v) is 4.77. The van der Waals surface area contributed by atoms with Crippen LogP contribution in [0.25, 0.3) is 11.0 Å². The molecule has 0 spiro atoms. The van der Waals surface area contributed by atoms with Crippen LogP contribution in [0.5, 0.6) is 0 Å². The van der Waals surface area contributed by atoms with Crippen molar-refractivity contribution < 1.29 is 0 Å². The lowest BCUT2D eigenvalue weighted by molar-refractivity contribution is 1.18. The molecule has 2 heterocycles. The van der Waals surface area contributed by atoms with E-state index in [2.05, 4.69) is 46.2 Å². The number of halogens is 1. The van der Waals surface area contributed by atoms with Gasteiger partial charge in [0.15, 0.2) is 5.82 Å². The summed E-state index contributed by atoms with van der Waals surface area (Å²) in [6, 6.07) is 23.4. The zero-order valence-electron chi connectivity index (χ0n) is 19.1. The molecule has 1 aliphatic heterocycles. The summed E-state index contributed by atoms with van der Waals surface area (Å²) in [6.45, 7) is 10.5. The molecular weight excluding hydrogens is 436 g/mol. The molecule has 0 bridgehead atoms. The van der Waals surface area contributed by atoms with Gasteiger partial charge in [-0.2, -0.15) is 0 Å². The molecule has 0 aliphatic carbocycles. The van der Waals surface area contributed by atoms with Crippen molar-refractivity contribution in [3.63, 3.8) is 0 Å². The Labute approximate surface area is 201 Å². The van der Waals surface area contributed by atoms with Crippen molar-refractivity contribution in [3.05, 3.63) is 89.1 Å². The molecule has 5 rings (SSSR count). The lowest BCUT2D eigenvalue weighted by Gasteiger charge is -2.11. The smallest absolute Gasteiger partial charge is 0.152 e. The van der Waals surface area contributed by atoms with Crippen molar-refractivity contribution in [2.45, 2.75) is 32.6 Å². The van der Waals surface area contributed by atoms with Crippen LogP contribution < -0.4 is 10.6 Å². The Balaban J connectivity index is 0.000000229. The van der Waals surface area contributed by atoms with Crippen LogP contribution in [0.1, 0.15) is 25.1 Å². The monoisotopic (exact) mass is 466 g/mol. The van der Waals surface area contributed by atoms with Crippen molar-refractivity contribution in [2.24, 2.45) is 0 Å². The zero-order chi connectivity index (χ0) is 23.3. The van der Waals surface area contributed by atoms with Gasteiger partial charge in [-0.3, -0.25) is 0 Å². The minimum atomic E-state index is 0.753. The molecule has 32 heavy (non-hydrogen) atoms. The molecule has 168 valence electrons. The molecule has 0 atom stereocenters. The number of aromatic nitrogens is 2. The highest BCUT2D eigenvalue weighted by atomic mass is 35.5. The number of fused-ring (bicyclic) bond motifs is 1. The summed E-state index contributed by atoms with van der Waals surface area (Å²) in [7, 11) is 0. The Morgan fingerprint density at radius 1 is 0.812 bits per heavy atom. The predicted octanol–water partition coefficient (Wildman–Crippen LogP) is 7.23. The normalized spacial score (nSPS) is 11.1. The van der Waals surface area contributed by atoms with Gasteiger partial charge in [-0.1, -0.05) is 55.8 Å². The van der Waals surface area contributed by atoms with E-state index in [-0.39, 0.29) is 0 Å². The molecule has 4 aromatic rings. The molecule has 1 aliphatic rings. The van der Waals surface area contributed by atoms with E-state index in [0.717, 1.165) is 38.2 Å². The number of hydrogen-bond acceptors (Lipinski definition) is 5. The zero-order valence-corrected chi connectivity index (χ0v) is 20.7. The first-order valence-electron chi connectivity index (χ1n) is 10.7. The summed E-state index contributed by atoms with van der Waals surface area (Å²) in [6.07, 6.45) is 0. The van der Waals surface area contributed by atoms with E-state index in [0.29, 0.717) is 0 Å². The number of benzene rings is 3. The fourth-order valence-electron chi connectivity index (χ4n) is 2.49. The van der Waals surface area contributed by atoms with Gasteiger partial charge in [0.2, 0.25) is 0 Å². The molecule has 1 saturated heterocycles. The highest BCUT2D eigenvalue weighted by Gasteiger charge is 2.06. The van der Waals surface area contributed by atoms with Crippen LogP contribution >= 0.6 is 24.2 Å². The second-order valence-electron chi connectivity index (χ2n) is 6.81. The van der Waals surface area contributed by atoms with E-state index in [1.54, 1.807) is 0 Å². The van der Waals surface area contributed by atoms with Crippen molar-refractivity contribution in [3.8, 4) is 0 Å². The molecule has 1 aromatic heterocycles. The molecule has 2 N–H and O–H groups in total. The Bertz CT molecular complexity index is 1070. The van der Waals surface area contributed by atoms with Crippen LogP contribution in [-0.2, 0) is 0 Å². The van der Waals surface area contributed by atoms with E-state index in [1.807, 2.05) is 87.5 Å². The first-order valence-corrected chi connectivity index (χ1v) is 11.6. The van der Waals surface area contributed by atoms with E-state index >= 15 is 0 Å². The van der Waals surface area contributed by atoms with Crippen molar-refractivity contribution in [1.82, 2.24) is 15.3 Å². The molecule has 0 unspecified atom stereocenters. The summed E-state index contributed by atoms with van der Waals surface area (Å²) in [5.41, 5.74) is 4.99. The number of aryl methyl sites for hydroxylation is 2. The maximum absolute atomic E-state index is 5.58. The second kappa shape index (κ2) is 13.7. The maximum Gasteiger partial charge on any atom is 0.152 e. The molecular formula is C26H31ClN4S. The summed E-state index contributed by atoms with van der Waals surface area (Å²) in [4.78, 5) is 10.2. The van der Waals surface area contributed by atoms with E-state index in [9.17, 15) is 0 Å². The van der Waals surface area contributed by atoms with Gasteiger partial charge >= 0.3 is 0 Å². The number of thiol groups is 1. The van der Waals surface area contributed by atoms with Crippen LogP contribution in [-0.4, -0.2) is 23.1 Å². The van der Waals surface area contributed by atoms with Gasteiger partial charge in [0.05, 0.1) is 16.7 Å². The summed E-state index contributed by atoms with van der Waals surface area (Å²) < 4.78 is 0. The number of rotatable bonds is 2. The van der Waals surface area contributed by atoms with Gasteiger partial charge in [-0.25, -0.2) is 9.97 Å². The van der Waals surface area contributed by atoms with Crippen LogP contribution in [0.3, 0.4) is 0 Å². The lowest BCUT2D eigenvalue weighted by Crippen LogP contribution is -2.00. The first-order chi connectivity index (χ1) is 15.5. The fourth-order valence-corrected chi connectivity index (χ4v) is 2.76. The van der Waals surface area contributed by atoms with Gasteiger partial charge in [0, 0.05) is 28.7 Å². The van der Waals surface area contributed by atoms with Gasteiger partial charge in [0.1, 0.15) is 0 Å². The number of hydrogen-bond donors (Lipinski definition) is 3. The molecule has 6 heteroatoms.